The summed E-state index contributed by atoms with van der Waals surface area (Å²) in [6.07, 6.45) is 0.173. The van der Waals surface area contributed by atoms with Gasteiger partial charge in [-0.15, -0.1) is 0 Å². The van der Waals surface area contributed by atoms with Gasteiger partial charge >= 0.3 is 5.97 Å². The van der Waals surface area contributed by atoms with Crippen LogP contribution >= 0.6 is 11.6 Å². The number of hydrogen-bond donors (Lipinski definition) is 1. The van der Waals surface area contributed by atoms with Crippen LogP contribution in [0.5, 0.6) is 5.75 Å². The van der Waals surface area contributed by atoms with Gasteiger partial charge in [0.25, 0.3) is 0 Å². The number of halogens is 1. The average Bonchev–Trinajstić information content (AvgIpc) is 2.74. The van der Waals surface area contributed by atoms with E-state index in [-0.39, 0.29) is 18.6 Å². The van der Waals surface area contributed by atoms with E-state index in [1.807, 2.05) is 43.3 Å². The second kappa shape index (κ2) is 10.1. The summed E-state index contributed by atoms with van der Waals surface area (Å²) < 4.78 is 5.84. The number of hydrogen-bond acceptors (Lipinski definition) is 3. The lowest BCUT2D eigenvalue weighted by molar-refractivity contribution is -0.137. The molecule has 0 aliphatic rings. The van der Waals surface area contributed by atoms with Crippen LogP contribution in [0.15, 0.2) is 72.8 Å². The number of ketones is 1. The molecule has 0 amide bonds. The number of ether oxygens (including phenoxy) is 1. The molecule has 5 heteroatoms. The number of carbonyl (C=O) groups excluding carboxylic acids is 1. The maximum absolute atomic E-state index is 13.3. The van der Waals surface area contributed by atoms with Crippen LogP contribution in [-0.4, -0.2) is 16.9 Å². The fraction of sp³-hybridized carbons (Fsp3) is 0.200. The summed E-state index contributed by atoms with van der Waals surface area (Å²) in [7, 11) is 0. The Morgan fingerprint density at radius 1 is 1.00 bits per heavy atom. The normalized spacial score (nSPS) is 11.7. The summed E-state index contributed by atoms with van der Waals surface area (Å²) in [5.41, 5.74) is 3.30. The Balaban J connectivity index is 1.80. The minimum Gasteiger partial charge on any atom is -0.489 e. The van der Waals surface area contributed by atoms with E-state index < -0.39 is 11.9 Å². The van der Waals surface area contributed by atoms with E-state index in [4.69, 9.17) is 21.4 Å². The zero-order valence-corrected chi connectivity index (χ0v) is 17.4. The molecule has 4 nitrogen and oxygen atoms in total. The number of rotatable bonds is 9. The molecule has 0 saturated carbocycles. The molecule has 1 unspecified atom stereocenters. The largest absolute Gasteiger partial charge is 0.489 e. The lowest BCUT2D eigenvalue weighted by Crippen LogP contribution is -2.16. The molecular formula is C25H23ClO4. The van der Waals surface area contributed by atoms with Gasteiger partial charge in [-0.3, -0.25) is 9.59 Å². The molecule has 3 aromatic rings. The third-order valence-electron chi connectivity index (χ3n) is 4.96. The topological polar surface area (TPSA) is 63.6 Å². The summed E-state index contributed by atoms with van der Waals surface area (Å²) >= 11 is 5.91. The molecule has 0 heterocycles. The van der Waals surface area contributed by atoms with Crippen molar-refractivity contribution in [1.82, 2.24) is 0 Å². The molecule has 0 aliphatic carbocycles. The first kappa shape index (κ1) is 21.6. The van der Waals surface area contributed by atoms with Crippen molar-refractivity contribution in [2.45, 2.75) is 32.3 Å². The number of Topliss-reactive ketones (excluding diaryl/α,β-unsaturated/α-hetero) is 1. The summed E-state index contributed by atoms with van der Waals surface area (Å²) in [4.78, 5) is 24.4. The van der Waals surface area contributed by atoms with Crippen LogP contribution in [0.25, 0.3) is 0 Å². The minimum atomic E-state index is -0.915. The van der Waals surface area contributed by atoms with Crippen molar-refractivity contribution in [3.8, 4) is 5.75 Å². The van der Waals surface area contributed by atoms with Crippen molar-refractivity contribution in [3.63, 3.8) is 0 Å². The summed E-state index contributed by atoms with van der Waals surface area (Å²) in [6, 6.07) is 22.0. The van der Waals surface area contributed by atoms with Gasteiger partial charge in [-0.05, 0) is 54.3 Å². The van der Waals surface area contributed by atoms with Crippen LogP contribution in [0.2, 0.25) is 5.02 Å². The molecule has 0 radical (unpaired) electrons. The van der Waals surface area contributed by atoms with Crippen molar-refractivity contribution in [1.29, 1.82) is 0 Å². The van der Waals surface area contributed by atoms with Crippen molar-refractivity contribution in [2.24, 2.45) is 0 Å². The van der Waals surface area contributed by atoms with Crippen molar-refractivity contribution < 1.29 is 19.4 Å². The second-order valence-electron chi connectivity index (χ2n) is 7.15. The maximum atomic E-state index is 13.3. The monoisotopic (exact) mass is 422 g/mol. The number of aryl methyl sites for hydroxylation is 1. The van der Waals surface area contributed by atoms with E-state index in [0.29, 0.717) is 22.9 Å². The highest BCUT2D eigenvalue weighted by molar-refractivity contribution is 6.30. The Labute approximate surface area is 181 Å². The van der Waals surface area contributed by atoms with Gasteiger partial charge in [0, 0.05) is 22.9 Å². The Hall–Kier alpha value is -3.11. The number of carboxylic acids is 1. The summed E-state index contributed by atoms with van der Waals surface area (Å²) in [6.45, 7) is 2.29. The molecule has 1 atom stereocenters. The molecule has 154 valence electrons. The smallest absolute Gasteiger partial charge is 0.303 e. The summed E-state index contributed by atoms with van der Waals surface area (Å²) in [5.74, 6) is -0.963. The third-order valence-corrected chi connectivity index (χ3v) is 5.22. The highest BCUT2D eigenvalue weighted by Gasteiger charge is 2.24. The van der Waals surface area contributed by atoms with Gasteiger partial charge in [-0.25, -0.2) is 0 Å². The number of carbonyl (C=O) groups is 2. The highest BCUT2D eigenvalue weighted by atomic mass is 35.5. The first-order chi connectivity index (χ1) is 14.4. The van der Waals surface area contributed by atoms with E-state index in [9.17, 15) is 9.59 Å². The third kappa shape index (κ3) is 5.71. The van der Waals surface area contributed by atoms with Gasteiger partial charge in [0.15, 0.2) is 5.78 Å². The minimum absolute atomic E-state index is 0.0719. The SMILES string of the molecule is Cc1ccccc1C(CCC(=O)O)C(=O)c1cccc(OCc2ccc(Cl)cc2)c1. The van der Waals surface area contributed by atoms with Crippen molar-refractivity contribution >= 4 is 23.4 Å². The predicted molar refractivity (Wildman–Crippen MR) is 117 cm³/mol. The standard InChI is InChI=1S/C25H23ClO4/c1-17-5-2-3-8-22(17)23(13-14-24(27)28)25(29)19-6-4-7-21(15-19)30-16-18-9-11-20(26)12-10-18/h2-12,15,23H,13-14,16H2,1H3,(H,27,28). The lowest BCUT2D eigenvalue weighted by Gasteiger charge is -2.18. The van der Waals surface area contributed by atoms with Crippen LogP contribution in [0.3, 0.4) is 0 Å². The fourth-order valence-electron chi connectivity index (χ4n) is 3.36. The molecule has 3 aromatic carbocycles. The molecule has 1 N–H and O–H groups in total. The highest BCUT2D eigenvalue weighted by Crippen LogP contribution is 2.29. The maximum Gasteiger partial charge on any atom is 0.303 e. The van der Waals surface area contributed by atoms with Gasteiger partial charge < -0.3 is 9.84 Å². The Kier molecular flexibility index (Phi) is 7.26. The predicted octanol–water partition coefficient (Wildman–Crippen LogP) is 6.06. The van der Waals surface area contributed by atoms with E-state index in [2.05, 4.69) is 0 Å². The quantitative estimate of drug-likeness (QED) is 0.426. The molecule has 0 spiro atoms. The van der Waals surface area contributed by atoms with Crippen LogP contribution in [0.4, 0.5) is 0 Å². The summed E-state index contributed by atoms with van der Waals surface area (Å²) in [5, 5.41) is 9.79. The number of benzene rings is 3. The van der Waals surface area contributed by atoms with Crippen LogP contribution < -0.4 is 4.74 Å². The average molecular weight is 423 g/mol. The van der Waals surface area contributed by atoms with E-state index in [1.54, 1.807) is 36.4 Å². The fourth-order valence-corrected chi connectivity index (χ4v) is 3.49. The molecule has 30 heavy (non-hydrogen) atoms. The molecule has 0 saturated heterocycles. The van der Waals surface area contributed by atoms with Gasteiger partial charge in [0.1, 0.15) is 12.4 Å². The molecule has 0 fully saturated rings. The Bertz CT molecular complexity index is 1030. The molecule has 0 bridgehead atoms. The van der Waals surface area contributed by atoms with Crippen LogP contribution in [-0.2, 0) is 11.4 Å². The first-order valence-corrected chi connectivity index (χ1v) is 10.1. The van der Waals surface area contributed by atoms with Gasteiger partial charge in [0.05, 0.1) is 0 Å². The number of carboxylic acid groups (broad SMARTS) is 1. The second-order valence-corrected chi connectivity index (χ2v) is 7.59. The lowest BCUT2D eigenvalue weighted by atomic mass is 9.85. The van der Waals surface area contributed by atoms with Crippen molar-refractivity contribution in [3.05, 3.63) is 100 Å². The molecule has 0 aliphatic heterocycles. The van der Waals surface area contributed by atoms with E-state index >= 15 is 0 Å². The van der Waals surface area contributed by atoms with Gasteiger partial charge in [0.2, 0.25) is 0 Å². The Morgan fingerprint density at radius 3 is 2.43 bits per heavy atom. The van der Waals surface area contributed by atoms with Crippen LogP contribution in [0.1, 0.15) is 45.8 Å². The van der Waals surface area contributed by atoms with E-state index in [1.165, 1.54) is 0 Å². The molecule has 3 rings (SSSR count). The first-order valence-electron chi connectivity index (χ1n) is 9.73. The van der Waals surface area contributed by atoms with Crippen LogP contribution in [0, 0.1) is 6.92 Å². The van der Waals surface area contributed by atoms with Crippen molar-refractivity contribution in [2.75, 3.05) is 0 Å². The number of aliphatic carboxylic acids is 1. The van der Waals surface area contributed by atoms with Gasteiger partial charge in [-0.1, -0.05) is 60.1 Å². The van der Waals surface area contributed by atoms with Gasteiger partial charge in [-0.2, -0.15) is 0 Å². The zero-order valence-electron chi connectivity index (χ0n) is 16.7. The zero-order chi connectivity index (χ0) is 21.5. The molecule has 0 aromatic heterocycles. The van der Waals surface area contributed by atoms with E-state index in [0.717, 1.165) is 16.7 Å². The Morgan fingerprint density at radius 2 is 1.73 bits per heavy atom. The molecular weight excluding hydrogens is 400 g/mol.